The Morgan fingerprint density at radius 1 is 1.29 bits per heavy atom. The van der Waals surface area contributed by atoms with Crippen LogP contribution in [0.5, 0.6) is 0 Å². The van der Waals surface area contributed by atoms with E-state index in [4.69, 9.17) is 23.2 Å². The van der Waals surface area contributed by atoms with Gasteiger partial charge < -0.3 is 4.90 Å². The summed E-state index contributed by atoms with van der Waals surface area (Å²) in [5.41, 5.74) is 1.15. The lowest BCUT2D eigenvalue weighted by atomic mass is 10.1. The van der Waals surface area contributed by atoms with Gasteiger partial charge in [0.05, 0.1) is 14.9 Å². The fourth-order valence-electron chi connectivity index (χ4n) is 1.13. The third kappa shape index (κ3) is 3.43. The maximum atomic E-state index is 5.93. The lowest BCUT2D eigenvalue weighted by Crippen LogP contribution is -2.16. The van der Waals surface area contributed by atoms with Crippen molar-refractivity contribution in [1.29, 1.82) is 0 Å². The van der Waals surface area contributed by atoms with E-state index >= 15 is 0 Å². The molecule has 0 aliphatic heterocycles. The standard InChI is InChI=1S/C10H12BrCl2N/c1-14(2)6-8(11)7-3-4-9(12)10(13)5-7/h3-5,8H,6H2,1-2H3. The first-order valence-corrected chi connectivity index (χ1v) is 5.91. The van der Waals surface area contributed by atoms with E-state index in [0.717, 1.165) is 12.1 Å². The third-order valence-electron chi connectivity index (χ3n) is 1.83. The zero-order valence-corrected chi connectivity index (χ0v) is 11.2. The minimum absolute atomic E-state index is 0.285. The molecule has 0 aromatic heterocycles. The van der Waals surface area contributed by atoms with Gasteiger partial charge in [-0.3, -0.25) is 0 Å². The fraction of sp³-hybridized carbons (Fsp3) is 0.400. The Morgan fingerprint density at radius 2 is 1.93 bits per heavy atom. The molecule has 1 aromatic rings. The van der Waals surface area contributed by atoms with Crippen molar-refractivity contribution in [3.05, 3.63) is 33.8 Å². The molecular weight excluding hydrogens is 285 g/mol. The summed E-state index contributed by atoms with van der Waals surface area (Å²) in [6, 6.07) is 5.70. The van der Waals surface area contributed by atoms with Crippen LogP contribution in [-0.2, 0) is 0 Å². The topological polar surface area (TPSA) is 3.24 Å². The van der Waals surface area contributed by atoms with Gasteiger partial charge in [-0.15, -0.1) is 0 Å². The van der Waals surface area contributed by atoms with Crippen molar-refractivity contribution >= 4 is 39.1 Å². The van der Waals surface area contributed by atoms with Gasteiger partial charge in [-0.25, -0.2) is 0 Å². The first-order chi connectivity index (χ1) is 6.50. The van der Waals surface area contributed by atoms with Crippen molar-refractivity contribution in [1.82, 2.24) is 4.90 Å². The fourth-order valence-corrected chi connectivity index (χ4v) is 2.30. The van der Waals surface area contributed by atoms with Crippen molar-refractivity contribution in [2.45, 2.75) is 4.83 Å². The van der Waals surface area contributed by atoms with E-state index < -0.39 is 0 Å². The summed E-state index contributed by atoms with van der Waals surface area (Å²) in [4.78, 5) is 2.40. The number of halogens is 3. The summed E-state index contributed by atoms with van der Waals surface area (Å²) in [6.45, 7) is 0.929. The van der Waals surface area contributed by atoms with Gasteiger partial charge in [-0.2, -0.15) is 0 Å². The molecule has 0 aliphatic carbocycles. The van der Waals surface area contributed by atoms with Crippen LogP contribution in [0.1, 0.15) is 10.4 Å². The van der Waals surface area contributed by atoms with E-state index in [0.29, 0.717) is 10.0 Å². The minimum atomic E-state index is 0.285. The van der Waals surface area contributed by atoms with Crippen LogP contribution in [0.25, 0.3) is 0 Å². The molecule has 78 valence electrons. The van der Waals surface area contributed by atoms with Gasteiger partial charge in [0.1, 0.15) is 0 Å². The molecule has 4 heteroatoms. The SMILES string of the molecule is CN(C)CC(Br)c1ccc(Cl)c(Cl)c1. The van der Waals surface area contributed by atoms with Gasteiger partial charge in [0.25, 0.3) is 0 Å². The molecule has 0 fully saturated rings. The average molecular weight is 297 g/mol. The number of nitrogens with zero attached hydrogens (tertiary/aromatic N) is 1. The number of hydrogen-bond donors (Lipinski definition) is 0. The monoisotopic (exact) mass is 295 g/mol. The van der Waals surface area contributed by atoms with Gasteiger partial charge in [-0.1, -0.05) is 45.2 Å². The van der Waals surface area contributed by atoms with Gasteiger partial charge in [-0.05, 0) is 31.8 Å². The maximum absolute atomic E-state index is 5.93. The molecule has 0 radical (unpaired) electrons. The zero-order chi connectivity index (χ0) is 10.7. The van der Waals surface area contributed by atoms with Crippen molar-refractivity contribution < 1.29 is 0 Å². The molecular formula is C10H12BrCl2N. The molecule has 0 heterocycles. The van der Waals surface area contributed by atoms with Crippen molar-refractivity contribution in [3.8, 4) is 0 Å². The van der Waals surface area contributed by atoms with Gasteiger partial charge in [0.2, 0.25) is 0 Å². The van der Waals surface area contributed by atoms with Crippen LogP contribution in [0, 0.1) is 0 Å². The van der Waals surface area contributed by atoms with Gasteiger partial charge in [0, 0.05) is 6.54 Å². The largest absolute Gasteiger partial charge is 0.308 e. The highest BCUT2D eigenvalue weighted by Gasteiger charge is 2.09. The van der Waals surface area contributed by atoms with Crippen LogP contribution in [0.2, 0.25) is 10.0 Å². The molecule has 1 nitrogen and oxygen atoms in total. The van der Waals surface area contributed by atoms with E-state index in [9.17, 15) is 0 Å². The summed E-state index contributed by atoms with van der Waals surface area (Å²) in [6.07, 6.45) is 0. The Kier molecular flexibility index (Phi) is 4.71. The van der Waals surface area contributed by atoms with Crippen molar-refractivity contribution in [3.63, 3.8) is 0 Å². The van der Waals surface area contributed by atoms with Crippen molar-refractivity contribution in [2.75, 3.05) is 20.6 Å². The van der Waals surface area contributed by atoms with E-state index in [-0.39, 0.29) is 4.83 Å². The molecule has 14 heavy (non-hydrogen) atoms. The van der Waals surface area contributed by atoms with Crippen LogP contribution in [0.3, 0.4) is 0 Å². The number of alkyl halides is 1. The van der Waals surface area contributed by atoms with Crippen LogP contribution in [0.4, 0.5) is 0 Å². The Labute approximate surface area is 103 Å². The molecule has 1 rings (SSSR count). The second kappa shape index (κ2) is 5.36. The van der Waals surface area contributed by atoms with Crippen LogP contribution >= 0.6 is 39.1 Å². The van der Waals surface area contributed by atoms with Crippen LogP contribution < -0.4 is 0 Å². The highest BCUT2D eigenvalue weighted by atomic mass is 79.9. The first kappa shape index (κ1) is 12.3. The van der Waals surface area contributed by atoms with E-state index in [1.807, 2.05) is 32.3 Å². The molecule has 0 N–H and O–H groups in total. The smallest absolute Gasteiger partial charge is 0.0595 e. The Bertz CT molecular complexity index is 315. The lowest BCUT2D eigenvalue weighted by molar-refractivity contribution is 0.412. The summed E-state index contributed by atoms with van der Waals surface area (Å²) in [5.74, 6) is 0. The number of likely N-dealkylation sites (N-methyl/N-ethyl adjacent to an activating group) is 1. The first-order valence-electron chi connectivity index (χ1n) is 4.24. The van der Waals surface area contributed by atoms with Gasteiger partial charge in [0.15, 0.2) is 0 Å². The zero-order valence-electron chi connectivity index (χ0n) is 8.10. The molecule has 0 spiro atoms. The molecule has 0 bridgehead atoms. The highest BCUT2D eigenvalue weighted by molar-refractivity contribution is 9.09. The summed E-state index contributed by atoms with van der Waals surface area (Å²) in [7, 11) is 4.07. The molecule has 1 aromatic carbocycles. The Hall–Kier alpha value is 0.240. The lowest BCUT2D eigenvalue weighted by Gasteiger charge is -2.16. The predicted octanol–water partition coefficient (Wildman–Crippen LogP) is 3.99. The van der Waals surface area contributed by atoms with Crippen LogP contribution in [0.15, 0.2) is 18.2 Å². The normalized spacial score (nSPS) is 13.3. The summed E-state index contributed by atoms with van der Waals surface area (Å²) in [5, 5.41) is 1.20. The second-order valence-corrected chi connectivity index (χ2v) is 5.32. The minimum Gasteiger partial charge on any atom is -0.308 e. The third-order valence-corrected chi connectivity index (χ3v) is 3.39. The van der Waals surface area contributed by atoms with E-state index in [1.54, 1.807) is 0 Å². The quantitative estimate of drug-likeness (QED) is 0.762. The Balaban J connectivity index is 2.80. The van der Waals surface area contributed by atoms with Crippen LogP contribution in [-0.4, -0.2) is 25.5 Å². The molecule has 1 unspecified atom stereocenters. The molecule has 0 aliphatic rings. The van der Waals surface area contributed by atoms with Gasteiger partial charge >= 0.3 is 0 Å². The molecule has 1 atom stereocenters. The molecule has 0 saturated carbocycles. The van der Waals surface area contributed by atoms with Crippen molar-refractivity contribution in [2.24, 2.45) is 0 Å². The summed E-state index contributed by atoms with van der Waals surface area (Å²) >= 11 is 15.4. The predicted molar refractivity (Wildman–Crippen MR) is 66.7 cm³/mol. The number of rotatable bonds is 3. The number of hydrogen-bond acceptors (Lipinski definition) is 1. The Morgan fingerprint density at radius 3 is 2.43 bits per heavy atom. The van der Waals surface area contributed by atoms with E-state index in [2.05, 4.69) is 20.8 Å². The van der Waals surface area contributed by atoms with E-state index in [1.165, 1.54) is 0 Å². The molecule has 0 amide bonds. The highest BCUT2D eigenvalue weighted by Crippen LogP contribution is 2.29. The molecule has 0 saturated heterocycles. The maximum Gasteiger partial charge on any atom is 0.0595 e. The number of benzene rings is 1. The average Bonchev–Trinajstić information content (AvgIpc) is 2.08. The second-order valence-electron chi connectivity index (χ2n) is 3.40. The summed E-state index contributed by atoms with van der Waals surface area (Å²) < 4.78 is 0.